The van der Waals surface area contributed by atoms with E-state index in [2.05, 4.69) is 43.5 Å². The highest BCUT2D eigenvalue weighted by molar-refractivity contribution is 5.76. The first-order valence-corrected chi connectivity index (χ1v) is 26.7. The number of aliphatic hydroxyl groups is 5. The Balaban J connectivity index is 2.25. The predicted octanol–water partition coefficient (Wildman–Crippen LogP) is 12.4. The lowest BCUT2D eigenvalue weighted by atomic mass is 9.99. The van der Waals surface area contributed by atoms with Crippen molar-refractivity contribution in [2.24, 2.45) is 0 Å². The van der Waals surface area contributed by atoms with E-state index in [1.807, 2.05) is 6.08 Å². The number of aliphatic hydroxyl groups excluding tert-OH is 5. The number of hydrogen-bond donors (Lipinski definition) is 6. The van der Waals surface area contributed by atoms with Crippen LogP contribution in [0, 0.1) is 0 Å². The molecule has 1 heterocycles. The molecule has 1 aliphatic heterocycles. The number of amides is 1. The molecule has 7 unspecified atom stereocenters. The summed E-state index contributed by atoms with van der Waals surface area (Å²) in [6.07, 6.45) is 49.2. The first kappa shape index (κ1) is 59.4. The van der Waals surface area contributed by atoms with Gasteiger partial charge in [-0.1, -0.05) is 224 Å². The van der Waals surface area contributed by atoms with Gasteiger partial charge in [0.05, 0.1) is 25.4 Å². The van der Waals surface area contributed by atoms with E-state index in [-0.39, 0.29) is 12.5 Å². The van der Waals surface area contributed by atoms with Crippen LogP contribution in [0.25, 0.3) is 0 Å². The van der Waals surface area contributed by atoms with E-state index < -0.39 is 49.5 Å². The zero-order chi connectivity index (χ0) is 45.9. The Morgan fingerprint density at radius 2 is 0.937 bits per heavy atom. The monoisotopic (exact) mass is 892 g/mol. The van der Waals surface area contributed by atoms with Gasteiger partial charge >= 0.3 is 0 Å². The van der Waals surface area contributed by atoms with Crippen LogP contribution in [0.1, 0.15) is 245 Å². The van der Waals surface area contributed by atoms with Crippen LogP contribution in [-0.4, -0.2) is 87.5 Å². The highest BCUT2D eigenvalue weighted by Crippen LogP contribution is 2.23. The topological polar surface area (TPSA) is 149 Å². The Morgan fingerprint density at radius 1 is 0.540 bits per heavy atom. The molecule has 0 aromatic heterocycles. The number of ether oxygens (including phenoxy) is 2. The molecule has 7 atom stereocenters. The maximum atomic E-state index is 13.0. The normalized spacial score (nSPS) is 20.4. The van der Waals surface area contributed by atoms with Crippen molar-refractivity contribution in [2.45, 2.75) is 288 Å². The van der Waals surface area contributed by atoms with Crippen molar-refractivity contribution >= 4 is 5.91 Å². The standard InChI is InChI=1S/C54H101NO8/c1-3-5-7-9-11-13-15-17-19-20-21-22-23-24-25-26-27-28-30-31-33-35-37-39-41-43-48(57)47(46-62-54-53(61)52(60)51(59)49(45-56)63-54)55-50(58)44-42-40-38-36-34-32-29-18-16-14-12-10-8-6-4-2/h12,14,18,29,41,43,47-49,51-54,56-57,59-61H,3-11,13,15-17,19-28,30-40,42,44-46H2,1-2H3,(H,55,58)/b14-12-,29-18-,43-41+. The van der Waals surface area contributed by atoms with Crippen LogP contribution in [0.5, 0.6) is 0 Å². The second kappa shape index (κ2) is 44.3. The van der Waals surface area contributed by atoms with Crippen LogP contribution >= 0.6 is 0 Å². The van der Waals surface area contributed by atoms with Gasteiger partial charge < -0.3 is 40.3 Å². The first-order valence-electron chi connectivity index (χ1n) is 26.7. The van der Waals surface area contributed by atoms with Gasteiger partial charge in [0.2, 0.25) is 5.91 Å². The summed E-state index contributed by atoms with van der Waals surface area (Å²) in [6.45, 7) is 3.76. The summed E-state index contributed by atoms with van der Waals surface area (Å²) in [5, 5.41) is 54.4. The maximum absolute atomic E-state index is 13.0. The minimum atomic E-state index is -1.57. The van der Waals surface area contributed by atoms with Gasteiger partial charge in [0, 0.05) is 6.42 Å². The maximum Gasteiger partial charge on any atom is 0.220 e. The van der Waals surface area contributed by atoms with Crippen molar-refractivity contribution in [2.75, 3.05) is 13.2 Å². The molecule has 1 aliphatic rings. The number of rotatable bonds is 45. The molecule has 0 saturated carbocycles. The second-order valence-electron chi connectivity index (χ2n) is 18.7. The van der Waals surface area contributed by atoms with Gasteiger partial charge in [0.25, 0.3) is 0 Å². The van der Waals surface area contributed by atoms with E-state index in [1.54, 1.807) is 6.08 Å². The summed E-state index contributed by atoms with van der Waals surface area (Å²) in [7, 11) is 0. The lowest BCUT2D eigenvalue weighted by Crippen LogP contribution is -2.60. The lowest BCUT2D eigenvalue weighted by Gasteiger charge is -2.40. The van der Waals surface area contributed by atoms with Crippen LogP contribution in [0.4, 0.5) is 0 Å². The summed E-state index contributed by atoms with van der Waals surface area (Å²) in [5.41, 5.74) is 0. The van der Waals surface area contributed by atoms with Gasteiger partial charge in [-0.25, -0.2) is 0 Å². The zero-order valence-electron chi connectivity index (χ0n) is 40.8. The van der Waals surface area contributed by atoms with Crippen LogP contribution in [-0.2, 0) is 14.3 Å². The average molecular weight is 892 g/mol. The second-order valence-corrected chi connectivity index (χ2v) is 18.7. The molecule has 0 spiro atoms. The van der Waals surface area contributed by atoms with Gasteiger partial charge in [-0.3, -0.25) is 4.79 Å². The molecule has 0 bridgehead atoms. The summed E-state index contributed by atoms with van der Waals surface area (Å²) in [5.74, 6) is -0.189. The molecular weight excluding hydrogens is 791 g/mol. The number of hydrogen-bond acceptors (Lipinski definition) is 8. The summed E-state index contributed by atoms with van der Waals surface area (Å²) < 4.78 is 11.2. The average Bonchev–Trinajstić information content (AvgIpc) is 3.28. The molecule has 0 aliphatic carbocycles. The fourth-order valence-corrected chi connectivity index (χ4v) is 8.42. The van der Waals surface area contributed by atoms with E-state index in [0.717, 1.165) is 64.2 Å². The Labute approximate surface area is 387 Å². The number of allylic oxidation sites excluding steroid dienone is 5. The largest absolute Gasteiger partial charge is 0.394 e. The zero-order valence-corrected chi connectivity index (χ0v) is 40.8. The van der Waals surface area contributed by atoms with Crippen molar-refractivity contribution < 1.29 is 39.8 Å². The van der Waals surface area contributed by atoms with Crippen LogP contribution < -0.4 is 5.32 Å². The predicted molar refractivity (Wildman–Crippen MR) is 263 cm³/mol. The summed E-state index contributed by atoms with van der Waals surface area (Å²) in [4.78, 5) is 13.0. The van der Waals surface area contributed by atoms with Gasteiger partial charge in [-0.15, -0.1) is 0 Å². The molecule has 1 amide bonds. The third-order valence-electron chi connectivity index (χ3n) is 12.7. The van der Waals surface area contributed by atoms with E-state index in [0.29, 0.717) is 6.42 Å². The van der Waals surface area contributed by atoms with Crippen molar-refractivity contribution in [3.63, 3.8) is 0 Å². The Morgan fingerprint density at radius 3 is 1.40 bits per heavy atom. The number of carbonyl (C=O) groups is 1. The van der Waals surface area contributed by atoms with Crippen molar-refractivity contribution in [1.29, 1.82) is 0 Å². The molecule has 1 rings (SSSR count). The third kappa shape index (κ3) is 34.4. The molecule has 1 saturated heterocycles. The molecule has 0 aromatic carbocycles. The van der Waals surface area contributed by atoms with Gasteiger partial charge in [0.1, 0.15) is 24.4 Å². The third-order valence-corrected chi connectivity index (χ3v) is 12.7. The SMILES string of the molecule is CCCCC/C=C\C/C=C\CCCCCCCC(=O)NC(COC1OC(CO)C(O)C(O)C1O)C(O)/C=C/CCCCCCCCCCCCCCCCCCCCCCCCC. The number of nitrogens with one attached hydrogen (secondary N) is 1. The highest BCUT2D eigenvalue weighted by Gasteiger charge is 2.44. The summed E-state index contributed by atoms with van der Waals surface area (Å²) in [6, 6.07) is -0.812. The molecule has 9 heteroatoms. The quantitative estimate of drug-likeness (QED) is 0.0261. The van der Waals surface area contributed by atoms with Crippen molar-refractivity contribution in [3.8, 4) is 0 Å². The molecule has 1 fully saturated rings. The van der Waals surface area contributed by atoms with Gasteiger partial charge in [-0.05, 0) is 51.4 Å². The Hall–Kier alpha value is -1.59. The molecule has 0 aromatic rings. The first-order chi connectivity index (χ1) is 30.8. The van der Waals surface area contributed by atoms with E-state index in [9.17, 15) is 30.3 Å². The molecule has 9 nitrogen and oxygen atoms in total. The van der Waals surface area contributed by atoms with Crippen molar-refractivity contribution in [1.82, 2.24) is 5.32 Å². The minimum absolute atomic E-state index is 0.189. The smallest absolute Gasteiger partial charge is 0.220 e. The van der Waals surface area contributed by atoms with E-state index >= 15 is 0 Å². The lowest BCUT2D eigenvalue weighted by molar-refractivity contribution is -0.302. The van der Waals surface area contributed by atoms with Crippen molar-refractivity contribution in [3.05, 3.63) is 36.5 Å². The molecule has 0 radical (unpaired) electrons. The fraction of sp³-hybridized carbons (Fsp3) is 0.870. The fourth-order valence-electron chi connectivity index (χ4n) is 8.42. The molecule has 6 N–H and O–H groups in total. The van der Waals surface area contributed by atoms with Crippen LogP contribution in [0.3, 0.4) is 0 Å². The van der Waals surface area contributed by atoms with E-state index in [1.165, 1.54) is 161 Å². The van der Waals surface area contributed by atoms with Gasteiger partial charge in [-0.2, -0.15) is 0 Å². The molecular formula is C54H101NO8. The van der Waals surface area contributed by atoms with Gasteiger partial charge in [0.15, 0.2) is 6.29 Å². The molecule has 370 valence electrons. The van der Waals surface area contributed by atoms with Crippen LogP contribution in [0.2, 0.25) is 0 Å². The highest BCUT2D eigenvalue weighted by atomic mass is 16.7. The number of carbonyl (C=O) groups excluding carboxylic acids is 1. The Bertz CT molecular complexity index is 1080. The minimum Gasteiger partial charge on any atom is -0.394 e. The summed E-state index contributed by atoms with van der Waals surface area (Å²) >= 11 is 0. The Kier molecular flexibility index (Phi) is 41.7. The molecule has 63 heavy (non-hydrogen) atoms. The number of unbranched alkanes of at least 4 members (excludes halogenated alkanes) is 31. The van der Waals surface area contributed by atoms with E-state index in [4.69, 9.17) is 9.47 Å². The van der Waals surface area contributed by atoms with Crippen LogP contribution in [0.15, 0.2) is 36.5 Å².